The molecule has 0 aliphatic carbocycles. The Bertz CT molecular complexity index is 511. The first-order chi connectivity index (χ1) is 10.1. The van der Waals surface area contributed by atoms with Gasteiger partial charge in [-0.3, -0.25) is 14.4 Å². The molecule has 0 fully saturated rings. The fraction of sp³-hybridized carbons (Fsp3) is 0.438. The van der Waals surface area contributed by atoms with Crippen LogP contribution in [0.3, 0.4) is 0 Å². The minimum absolute atomic E-state index is 0.126. The molecule has 1 rings (SSSR count). The summed E-state index contributed by atoms with van der Waals surface area (Å²) in [6.45, 7) is 1.96. The van der Waals surface area contributed by atoms with Gasteiger partial charge in [-0.05, 0) is 25.8 Å². The fourth-order valence-electron chi connectivity index (χ4n) is 1.96. The summed E-state index contributed by atoms with van der Waals surface area (Å²) in [6, 6.07) is 6.76. The number of nitrogens with one attached hydrogen (secondary N) is 1. The zero-order valence-electron chi connectivity index (χ0n) is 12.5. The predicted octanol–water partition coefficient (Wildman–Crippen LogP) is 2.35. The number of carbonyl (C=O) groups excluding carboxylic acids is 3. The number of unbranched alkanes of at least 4 members (excludes halogenated alkanes) is 2. The lowest BCUT2D eigenvalue weighted by molar-refractivity contribution is -0.140. The van der Waals surface area contributed by atoms with Gasteiger partial charge in [0.05, 0.1) is 12.7 Å². The highest BCUT2D eigenvalue weighted by Gasteiger charge is 2.12. The number of benzene rings is 1. The first-order valence-corrected chi connectivity index (χ1v) is 7.01. The summed E-state index contributed by atoms with van der Waals surface area (Å²) in [5.41, 5.74) is 0.834. The Morgan fingerprint density at radius 2 is 1.71 bits per heavy atom. The average Bonchev–Trinajstić information content (AvgIpc) is 2.50. The van der Waals surface area contributed by atoms with Crippen LogP contribution in [0.25, 0.3) is 0 Å². The van der Waals surface area contributed by atoms with Crippen molar-refractivity contribution < 1.29 is 19.1 Å². The number of hydrogen-bond acceptors (Lipinski definition) is 4. The van der Waals surface area contributed by atoms with E-state index in [-0.39, 0.29) is 17.7 Å². The lowest BCUT2D eigenvalue weighted by Gasteiger charge is -2.08. The van der Waals surface area contributed by atoms with Gasteiger partial charge in [-0.25, -0.2) is 0 Å². The van der Waals surface area contributed by atoms with Crippen LogP contribution in [0.1, 0.15) is 53.3 Å². The summed E-state index contributed by atoms with van der Waals surface area (Å²) in [5, 5.41) is 2.79. The third-order valence-electron chi connectivity index (χ3n) is 3.12. The van der Waals surface area contributed by atoms with Crippen LogP contribution in [-0.2, 0) is 9.53 Å². The highest BCUT2D eigenvalue weighted by molar-refractivity contribution is 6.07. The number of amides is 1. The Labute approximate surface area is 124 Å². The molecule has 0 unspecified atom stereocenters. The van der Waals surface area contributed by atoms with Gasteiger partial charge >= 0.3 is 5.97 Å². The van der Waals surface area contributed by atoms with E-state index >= 15 is 0 Å². The van der Waals surface area contributed by atoms with Crippen LogP contribution in [-0.4, -0.2) is 31.3 Å². The van der Waals surface area contributed by atoms with Crippen LogP contribution in [0.4, 0.5) is 0 Å². The van der Waals surface area contributed by atoms with Crippen molar-refractivity contribution in [1.29, 1.82) is 0 Å². The lowest BCUT2D eigenvalue weighted by Crippen LogP contribution is -2.26. The Morgan fingerprint density at radius 3 is 2.33 bits per heavy atom. The normalized spacial score (nSPS) is 10.0. The van der Waals surface area contributed by atoms with Gasteiger partial charge in [-0.2, -0.15) is 0 Å². The standard InChI is InChI=1S/C16H21NO4/c1-12(18)13-8-5-6-9-14(13)16(20)17-11-7-3-4-10-15(19)21-2/h5-6,8-9H,3-4,7,10-11H2,1-2H3,(H,17,20). The van der Waals surface area contributed by atoms with Gasteiger partial charge in [-0.1, -0.05) is 24.6 Å². The third kappa shape index (κ3) is 5.77. The molecule has 0 aromatic heterocycles. The number of hydrogen-bond donors (Lipinski definition) is 1. The highest BCUT2D eigenvalue weighted by atomic mass is 16.5. The number of ketones is 1. The molecule has 0 atom stereocenters. The van der Waals surface area contributed by atoms with Gasteiger partial charge in [0.1, 0.15) is 0 Å². The van der Waals surface area contributed by atoms with Crippen LogP contribution in [0, 0.1) is 0 Å². The highest BCUT2D eigenvalue weighted by Crippen LogP contribution is 2.09. The van der Waals surface area contributed by atoms with Crippen molar-refractivity contribution >= 4 is 17.7 Å². The number of rotatable bonds is 8. The van der Waals surface area contributed by atoms with Crippen molar-refractivity contribution in [2.45, 2.75) is 32.6 Å². The van der Waals surface area contributed by atoms with E-state index in [1.165, 1.54) is 14.0 Å². The molecule has 0 aliphatic heterocycles. The summed E-state index contributed by atoms with van der Waals surface area (Å²) in [5.74, 6) is -0.581. The lowest BCUT2D eigenvalue weighted by atomic mass is 10.0. The van der Waals surface area contributed by atoms with E-state index in [4.69, 9.17) is 0 Å². The fourth-order valence-corrected chi connectivity index (χ4v) is 1.96. The van der Waals surface area contributed by atoms with Crippen molar-refractivity contribution in [1.82, 2.24) is 5.32 Å². The zero-order chi connectivity index (χ0) is 15.7. The van der Waals surface area contributed by atoms with Crippen molar-refractivity contribution in [3.8, 4) is 0 Å². The zero-order valence-corrected chi connectivity index (χ0v) is 12.5. The van der Waals surface area contributed by atoms with Crippen molar-refractivity contribution in [3.63, 3.8) is 0 Å². The molecule has 0 saturated carbocycles. The van der Waals surface area contributed by atoms with Gasteiger partial charge in [0.15, 0.2) is 5.78 Å². The second-order valence-corrected chi connectivity index (χ2v) is 4.74. The van der Waals surface area contributed by atoms with Crippen LogP contribution in [0.15, 0.2) is 24.3 Å². The van der Waals surface area contributed by atoms with Gasteiger partial charge in [0, 0.05) is 18.5 Å². The smallest absolute Gasteiger partial charge is 0.305 e. The number of Topliss-reactive ketones (excluding diaryl/α,β-unsaturated/α-hetero) is 1. The van der Waals surface area contributed by atoms with E-state index < -0.39 is 0 Å². The molecule has 1 N–H and O–H groups in total. The monoisotopic (exact) mass is 291 g/mol. The maximum atomic E-state index is 12.0. The molecule has 0 heterocycles. The first-order valence-electron chi connectivity index (χ1n) is 7.01. The molecule has 5 heteroatoms. The molecular formula is C16H21NO4. The Balaban J connectivity index is 2.35. The van der Waals surface area contributed by atoms with Gasteiger partial charge < -0.3 is 10.1 Å². The molecule has 0 aliphatic rings. The van der Waals surface area contributed by atoms with Gasteiger partial charge in [0.2, 0.25) is 0 Å². The summed E-state index contributed by atoms with van der Waals surface area (Å²) in [4.78, 5) is 34.4. The molecule has 0 radical (unpaired) electrons. The molecule has 0 bridgehead atoms. The van der Waals surface area contributed by atoms with Gasteiger partial charge in [0.25, 0.3) is 5.91 Å². The van der Waals surface area contributed by atoms with Gasteiger partial charge in [-0.15, -0.1) is 0 Å². The van der Waals surface area contributed by atoms with Crippen molar-refractivity contribution in [2.24, 2.45) is 0 Å². The third-order valence-corrected chi connectivity index (χ3v) is 3.12. The van der Waals surface area contributed by atoms with E-state index in [0.29, 0.717) is 24.1 Å². The summed E-state index contributed by atoms with van der Waals surface area (Å²) < 4.78 is 4.55. The average molecular weight is 291 g/mol. The van der Waals surface area contributed by atoms with E-state index in [2.05, 4.69) is 10.1 Å². The largest absolute Gasteiger partial charge is 0.469 e. The number of carbonyl (C=O) groups is 3. The number of ether oxygens (including phenoxy) is 1. The quantitative estimate of drug-likeness (QED) is 0.453. The molecule has 114 valence electrons. The second kappa shape index (κ2) is 8.89. The summed E-state index contributed by atoms with van der Waals surface area (Å²) in [7, 11) is 1.37. The Hall–Kier alpha value is -2.17. The maximum absolute atomic E-state index is 12.0. The SMILES string of the molecule is COC(=O)CCCCCNC(=O)c1ccccc1C(C)=O. The minimum atomic E-state index is -0.242. The predicted molar refractivity (Wildman–Crippen MR) is 79.3 cm³/mol. The van der Waals surface area contributed by atoms with E-state index in [9.17, 15) is 14.4 Å². The van der Waals surface area contributed by atoms with E-state index in [1.54, 1.807) is 24.3 Å². The summed E-state index contributed by atoms with van der Waals surface area (Å²) >= 11 is 0. The summed E-state index contributed by atoms with van der Waals surface area (Å²) in [6.07, 6.45) is 2.76. The first kappa shape index (κ1) is 16.9. The topological polar surface area (TPSA) is 72.5 Å². The van der Waals surface area contributed by atoms with E-state index in [0.717, 1.165) is 19.3 Å². The minimum Gasteiger partial charge on any atom is -0.469 e. The maximum Gasteiger partial charge on any atom is 0.305 e. The molecular weight excluding hydrogens is 270 g/mol. The molecule has 5 nitrogen and oxygen atoms in total. The Morgan fingerprint density at radius 1 is 1.05 bits per heavy atom. The molecule has 1 amide bonds. The van der Waals surface area contributed by atoms with Crippen molar-refractivity contribution in [2.75, 3.05) is 13.7 Å². The van der Waals surface area contributed by atoms with E-state index in [1.807, 2.05) is 0 Å². The molecule has 1 aromatic carbocycles. The molecule has 21 heavy (non-hydrogen) atoms. The number of esters is 1. The molecule has 0 spiro atoms. The molecule has 1 aromatic rings. The van der Waals surface area contributed by atoms with Crippen LogP contribution >= 0.6 is 0 Å². The molecule has 0 saturated heterocycles. The number of methoxy groups -OCH3 is 1. The van der Waals surface area contributed by atoms with Crippen molar-refractivity contribution in [3.05, 3.63) is 35.4 Å². The second-order valence-electron chi connectivity index (χ2n) is 4.74. The van der Waals surface area contributed by atoms with Crippen LogP contribution in [0.2, 0.25) is 0 Å². The van der Waals surface area contributed by atoms with Crippen LogP contribution in [0.5, 0.6) is 0 Å². The van der Waals surface area contributed by atoms with Crippen LogP contribution < -0.4 is 5.32 Å². The Kier molecular flexibility index (Phi) is 7.15.